The van der Waals surface area contributed by atoms with Crippen molar-refractivity contribution in [2.75, 3.05) is 0 Å². The van der Waals surface area contributed by atoms with Gasteiger partial charge in [-0.2, -0.15) is 0 Å². The van der Waals surface area contributed by atoms with E-state index in [-0.39, 0.29) is 0 Å². The van der Waals surface area contributed by atoms with Crippen LogP contribution in [0.2, 0.25) is 0 Å². The molecule has 0 fully saturated rings. The van der Waals surface area contributed by atoms with Gasteiger partial charge in [-0.25, -0.2) is 0 Å². The van der Waals surface area contributed by atoms with Gasteiger partial charge in [-0.3, -0.25) is 4.57 Å². The Morgan fingerprint density at radius 2 is 1.00 bits per heavy atom. The first-order valence-corrected chi connectivity index (χ1v) is 10.7. The molecule has 22 heavy (non-hydrogen) atoms. The second-order valence-corrected chi connectivity index (χ2v) is 10.9. The molecule has 0 aromatic heterocycles. The summed E-state index contributed by atoms with van der Waals surface area (Å²) in [6.45, 7) is 0. The standard InChI is InChI=1S/C18H16O2P2/c19-22(20,18-14-8-3-9-15-18)21(16-10-4-1-5-11-16)17-12-6-2-7-13-17/h1-15H,(H,19,20). The van der Waals surface area contributed by atoms with Crippen LogP contribution < -0.4 is 15.9 Å². The van der Waals surface area contributed by atoms with Crippen molar-refractivity contribution in [2.24, 2.45) is 0 Å². The number of hydrogen-bond donors (Lipinski definition) is 1. The van der Waals surface area contributed by atoms with Crippen molar-refractivity contribution < 1.29 is 9.46 Å². The van der Waals surface area contributed by atoms with Crippen LogP contribution in [0, 0.1) is 0 Å². The average Bonchev–Trinajstić information content (AvgIpc) is 2.58. The van der Waals surface area contributed by atoms with Gasteiger partial charge in [-0.15, -0.1) is 0 Å². The van der Waals surface area contributed by atoms with Crippen LogP contribution in [0.4, 0.5) is 0 Å². The van der Waals surface area contributed by atoms with Crippen LogP contribution in [0.25, 0.3) is 0 Å². The minimum absolute atomic E-state index is 0.508. The third kappa shape index (κ3) is 3.05. The first kappa shape index (κ1) is 15.2. The van der Waals surface area contributed by atoms with E-state index < -0.39 is 14.7 Å². The molecule has 0 spiro atoms. The summed E-state index contributed by atoms with van der Waals surface area (Å²) >= 11 is 0. The summed E-state index contributed by atoms with van der Waals surface area (Å²) in [7, 11) is -4.89. The highest BCUT2D eigenvalue weighted by Gasteiger charge is 2.35. The van der Waals surface area contributed by atoms with Crippen molar-refractivity contribution in [3.8, 4) is 0 Å². The normalized spacial score (nSPS) is 13.7. The van der Waals surface area contributed by atoms with E-state index in [1.807, 2.05) is 78.9 Å². The summed E-state index contributed by atoms with van der Waals surface area (Å²) in [6, 6.07) is 28.2. The molecule has 0 aliphatic heterocycles. The fourth-order valence-electron chi connectivity index (χ4n) is 2.34. The summed E-state index contributed by atoms with van der Waals surface area (Å²) in [5.41, 5.74) is 0. The van der Waals surface area contributed by atoms with Crippen LogP contribution in [0.15, 0.2) is 91.0 Å². The van der Waals surface area contributed by atoms with Gasteiger partial charge in [-0.1, -0.05) is 78.9 Å². The summed E-state index contributed by atoms with van der Waals surface area (Å²) < 4.78 is 13.3. The second-order valence-electron chi connectivity index (χ2n) is 4.86. The highest BCUT2D eigenvalue weighted by molar-refractivity contribution is 8.39. The van der Waals surface area contributed by atoms with Gasteiger partial charge in [0, 0.05) is 5.30 Å². The zero-order valence-electron chi connectivity index (χ0n) is 11.9. The fourth-order valence-corrected chi connectivity index (χ4v) is 8.73. The van der Waals surface area contributed by atoms with E-state index in [0.717, 1.165) is 10.6 Å². The lowest BCUT2D eigenvalue weighted by Crippen LogP contribution is -2.16. The Kier molecular flexibility index (Phi) is 4.55. The van der Waals surface area contributed by atoms with E-state index in [2.05, 4.69) is 0 Å². The summed E-state index contributed by atoms with van der Waals surface area (Å²) in [5, 5.41) is 2.34. The maximum Gasteiger partial charge on any atom is 0.257 e. The van der Waals surface area contributed by atoms with Crippen LogP contribution in [0.5, 0.6) is 0 Å². The van der Waals surface area contributed by atoms with E-state index >= 15 is 0 Å². The topological polar surface area (TPSA) is 37.3 Å². The Balaban J connectivity index is 2.16. The minimum atomic E-state index is -3.53. The number of hydrogen-bond acceptors (Lipinski definition) is 1. The Morgan fingerprint density at radius 3 is 1.41 bits per heavy atom. The van der Waals surface area contributed by atoms with Crippen LogP contribution in [0.1, 0.15) is 0 Å². The van der Waals surface area contributed by atoms with Crippen LogP contribution >= 0.6 is 14.7 Å². The smallest absolute Gasteiger partial charge is 0.257 e. The average molecular weight is 326 g/mol. The molecule has 4 heteroatoms. The lowest BCUT2D eigenvalue weighted by Gasteiger charge is -2.24. The molecule has 110 valence electrons. The summed E-state index contributed by atoms with van der Waals surface area (Å²) in [4.78, 5) is 10.9. The molecule has 1 N–H and O–H groups in total. The second kappa shape index (κ2) is 6.58. The molecule has 3 rings (SSSR count). The van der Waals surface area contributed by atoms with E-state index in [4.69, 9.17) is 0 Å². The van der Waals surface area contributed by atoms with Crippen LogP contribution in [0.3, 0.4) is 0 Å². The fraction of sp³-hybridized carbons (Fsp3) is 0. The maximum absolute atomic E-state index is 13.3. The lowest BCUT2D eigenvalue weighted by molar-refractivity contribution is 0.507. The molecule has 0 heterocycles. The molecule has 0 amide bonds. The SMILES string of the molecule is O=P(O)(c1ccccc1)P(c1ccccc1)c1ccccc1. The molecular formula is C18H16O2P2. The predicted molar refractivity (Wildman–Crippen MR) is 95.0 cm³/mol. The largest absolute Gasteiger partial charge is 0.338 e. The molecule has 0 saturated carbocycles. The third-order valence-electron chi connectivity index (χ3n) is 3.37. The Labute approximate surface area is 131 Å². The van der Waals surface area contributed by atoms with E-state index in [9.17, 15) is 9.46 Å². The van der Waals surface area contributed by atoms with E-state index in [0.29, 0.717) is 5.30 Å². The zero-order chi connectivity index (χ0) is 15.4. The van der Waals surface area contributed by atoms with Crippen molar-refractivity contribution in [2.45, 2.75) is 0 Å². The van der Waals surface area contributed by atoms with Crippen LogP contribution in [-0.4, -0.2) is 4.89 Å². The van der Waals surface area contributed by atoms with Gasteiger partial charge < -0.3 is 4.89 Å². The van der Waals surface area contributed by atoms with Crippen molar-refractivity contribution in [1.29, 1.82) is 0 Å². The molecule has 1 atom stereocenters. The number of rotatable bonds is 4. The van der Waals surface area contributed by atoms with Crippen LogP contribution in [-0.2, 0) is 4.57 Å². The summed E-state index contributed by atoms with van der Waals surface area (Å²) in [6.07, 6.45) is 0. The van der Waals surface area contributed by atoms with Gasteiger partial charge >= 0.3 is 0 Å². The first-order valence-electron chi connectivity index (χ1n) is 6.99. The zero-order valence-corrected chi connectivity index (χ0v) is 13.7. The van der Waals surface area contributed by atoms with Crippen molar-refractivity contribution >= 4 is 30.6 Å². The number of benzene rings is 3. The third-order valence-corrected chi connectivity index (χ3v) is 10.2. The molecule has 1 unspecified atom stereocenters. The molecule has 3 aromatic carbocycles. The molecule has 3 aromatic rings. The monoisotopic (exact) mass is 326 g/mol. The minimum Gasteiger partial charge on any atom is -0.338 e. The Morgan fingerprint density at radius 1 is 0.636 bits per heavy atom. The predicted octanol–water partition coefficient (Wildman–Crippen LogP) is 3.63. The highest BCUT2D eigenvalue weighted by atomic mass is 32.1. The molecule has 2 nitrogen and oxygen atoms in total. The molecule has 0 aliphatic rings. The van der Waals surface area contributed by atoms with Gasteiger partial charge in [0.05, 0.1) is 7.61 Å². The maximum atomic E-state index is 13.3. The van der Waals surface area contributed by atoms with Gasteiger partial charge in [0.25, 0.3) is 7.06 Å². The Hall–Kier alpha value is -1.72. The highest BCUT2D eigenvalue weighted by Crippen LogP contribution is 2.70. The first-order chi connectivity index (χ1) is 10.7. The Bertz CT molecular complexity index is 734. The van der Waals surface area contributed by atoms with Gasteiger partial charge in [0.2, 0.25) is 0 Å². The van der Waals surface area contributed by atoms with Crippen molar-refractivity contribution in [3.63, 3.8) is 0 Å². The molecule has 0 aliphatic carbocycles. The van der Waals surface area contributed by atoms with Gasteiger partial charge in [-0.05, 0) is 22.7 Å². The molecule has 0 radical (unpaired) electrons. The molecule has 0 bridgehead atoms. The van der Waals surface area contributed by atoms with Gasteiger partial charge in [0.1, 0.15) is 0 Å². The van der Waals surface area contributed by atoms with E-state index in [1.165, 1.54) is 0 Å². The lowest BCUT2D eigenvalue weighted by atomic mass is 10.4. The van der Waals surface area contributed by atoms with E-state index in [1.54, 1.807) is 12.1 Å². The van der Waals surface area contributed by atoms with Crippen molar-refractivity contribution in [1.82, 2.24) is 0 Å². The molecule has 0 saturated heterocycles. The quantitative estimate of drug-likeness (QED) is 0.744. The summed E-state index contributed by atoms with van der Waals surface area (Å²) in [5.74, 6) is 0. The molecular weight excluding hydrogens is 310 g/mol. The van der Waals surface area contributed by atoms with Gasteiger partial charge in [0.15, 0.2) is 0 Å². The van der Waals surface area contributed by atoms with Crippen molar-refractivity contribution in [3.05, 3.63) is 91.0 Å².